The molecule has 1 rings (SSSR count). The highest BCUT2D eigenvalue weighted by molar-refractivity contribution is 7.98. The number of carbonyl (C=O) groups is 1. The number of amides is 2. The summed E-state index contributed by atoms with van der Waals surface area (Å²) in [5, 5.41) is 14.6. The van der Waals surface area contributed by atoms with E-state index in [9.17, 15) is 4.79 Å². The zero-order valence-corrected chi connectivity index (χ0v) is 13.2. The van der Waals surface area contributed by atoms with Crippen LogP contribution in [0.15, 0.2) is 29.2 Å². The number of urea groups is 1. The maximum absolute atomic E-state index is 11.7. The fourth-order valence-corrected chi connectivity index (χ4v) is 2.11. The fourth-order valence-electron chi connectivity index (χ4n) is 1.70. The van der Waals surface area contributed by atoms with Gasteiger partial charge >= 0.3 is 6.03 Å². The van der Waals surface area contributed by atoms with Crippen LogP contribution >= 0.6 is 11.8 Å². The van der Waals surface area contributed by atoms with Crippen LogP contribution in [0.5, 0.6) is 0 Å². The highest BCUT2D eigenvalue weighted by atomic mass is 32.2. The fraction of sp³-hybridized carbons (Fsp3) is 0.533. The molecule has 0 aliphatic carbocycles. The first-order valence-electron chi connectivity index (χ1n) is 6.72. The van der Waals surface area contributed by atoms with Crippen molar-refractivity contribution in [1.29, 1.82) is 0 Å². The van der Waals surface area contributed by atoms with E-state index in [-0.39, 0.29) is 18.1 Å². The van der Waals surface area contributed by atoms with Crippen LogP contribution in [0.3, 0.4) is 0 Å². The van der Waals surface area contributed by atoms with Gasteiger partial charge in [-0.15, -0.1) is 11.8 Å². The van der Waals surface area contributed by atoms with E-state index in [4.69, 9.17) is 5.11 Å². The van der Waals surface area contributed by atoms with E-state index in [1.54, 1.807) is 11.8 Å². The van der Waals surface area contributed by atoms with Crippen molar-refractivity contribution in [3.63, 3.8) is 0 Å². The Morgan fingerprint density at radius 2 is 1.90 bits per heavy atom. The number of nitrogens with one attached hydrogen (secondary N) is 2. The van der Waals surface area contributed by atoms with Crippen molar-refractivity contribution < 1.29 is 9.90 Å². The summed E-state index contributed by atoms with van der Waals surface area (Å²) in [4.78, 5) is 12.9. The second-order valence-corrected chi connectivity index (χ2v) is 6.40. The molecule has 0 aliphatic heterocycles. The lowest BCUT2D eigenvalue weighted by molar-refractivity contribution is 0.201. The molecule has 2 amide bonds. The summed E-state index contributed by atoms with van der Waals surface area (Å²) in [6.45, 7) is 5.24. The third-order valence-electron chi connectivity index (χ3n) is 3.13. The quantitative estimate of drug-likeness (QED) is 0.678. The van der Waals surface area contributed by atoms with Crippen LogP contribution in [-0.2, 0) is 6.54 Å². The Balaban J connectivity index is 2.32. The largest absolute Gasteiger partial charge is 0.396 e. The van der Waals surface area contributed by atoms with Crippen molar-refractivity contribution in [2.45, 2.75) is 31.7 Å². The summed E-state index contributed by atoms with van der Waals surface area (Å²) in [5.41, 5.74) is 0.985. The van der Waals surface area contributed by atoms with Crippen LogP contribution in [0, 0.1) is 5.41 Å². The van der Waals surface area contributed by atoms with Gasteiger partial charge < -0.3 is 15.7 Å². The van der Waals surface area contributed by atoms with Crippen LogP contribution in [0.2, 0.25) is 0 Å². The van der Waals surface area contributed by atoms with Crippen molar-refractivity contribution >= 4 is 17.8 Å². The second-order valence-electron chi connectivity index (χ2n) is 5.52. The molecule has 4 nitrogen and oxygen atoms in total. The molecule has 0 heterocycles. The van der Waals surface area contributed by atoms with E-state index in [0.717, 1.165) is 5.56 Å². The molecule has 112 valence electrons. The standard InChI is InChI=1S/C15H24N2O2S/c1-15(2,8-9-18)11-17-14(19)16-10-12-4-6-13(20-3)7-5-12/h4-7,18H,8-11H2,1-3H3,(H2,16,17,19). The Kier molecular flexibility index (Phi) is 6.88. The zero-order valence-electron chi connectivity index (χ0n) is 12.4. The summed E-state index contributed by atoms with van der Waals surface area (Å²) in [7, 11) is 0. The molecule has 0 fully saturated rings. The third kappa shape index (κ3) is 6.30. The molecular formula is C15H24N2O2S. The highest BCUT2D eigenvalue weighted by Gasteiger charge is 2.17. The molecule has 0 aliphatic rings. The van der Waals surface area contributed by atoms with E-state index < -0.39 is 0 Å². The van der Waals surface area contributed by atoms with Gasteiger partial charge in [0.1, 0.15) is 0 Å². The minimum atomic E-state index is -0.176. The molecule has 20 heavy (non-hydrogen) atoms. The first-order valence-corrected chi connectivity index (χ1v) is 7.95. The van der Waals surface area contributed by atoms with E-state index in [1.165, 1.54) is 4.90 Å². The number of aliphatic hydroxyl groups is 1. The molecule has 0 saturated carbocycles. The van der Waals surface area contributed by atoms with Crippen molar-refractivity contribution in [2.24, 2.45) is 5.41 Å². The first-order chi connectivity index (χ1) is 9.46. The molecule has 0 radical (unpaired) electrons. The van der Waals surface area contributed by atoms with Crippen LogP contribution in [-0.4, -0.2) is 30.5 Å². The molecule has 5 heteroatoms. The maximum atomic E-state index is 11.7. The van der Waals surface area contributed by atoms with Gasteiger partial charge in [0.05, 0.1) is 0 Å². The summed E-state index contributed by atoms with van der Waals surface area (Å²) in [5.74, 6) is 0. The highest BCUT2D eigenvalue weighted by Crippen LogP contribution is 2.18. The minimum Gasteiger partial charge on any atom is -0.396 e. The van der Waals surface area contributed by atoms with Crippen LogP contribution in [0.4, 0.5) is 4.79 Å². The van der Waals surface area contributed by atoms with E-state index >= 15 is 0 Å². The lowest BCUT2D eigenvalue weighted by Crippen LogP contribution is -2.40. The topological polar surface area (TPSA) is 61.4 Å². The molecule has 0 unspecified atom stereocenters. The van der Waals surface area contributed by atoms with Crippen LogP contribution in [0.25, 0.3) is 0 Å². The van der Waals surface area contributed by atoms with Gasteiger partial charge in [-0.25, -0.2) is 4.79 Å². The van der Waals surface area contributed by atoms with Gasteiger partial charge in [-0.05, 0) is 35.8 Å². The number of carbonyl (C=O) groups excluding carboxylic acids is 1. The molecule has 1 aromatic carbocycles. The molecule has 0 aromatic heterocycles. The molecule has 0 bridgehead atoms. The zero-order chi connectivity index (χ0) is 15.0. The Labute approximate surface area is 125 Å². The van der Waals surface area contributed by atoms with E-state index in [2.05, 4.69) is 10.6 Å². The molecule has 0 spiro atoms. The Hall–Kier alpha value is -1.20. The monoisotopic (exact) mass is 296 g/mol. The van der Waals surface area contributed by atoms with Crippen molar-refractivity contribution in [3.05, 3.63) is 29.8 Å². The maximum Gasteiger partial charge on any atom is 0.315 e. The van der Waals surface area contributed by atoms with Gasteiger partial charge in [-0.1, -0.05) is 26.0 Å². The van der Waals surface area contributed by atoms with Crippen LogP contribution < -0.4 is 10.6 Å². The summed E-state index contributed by atoms with van der Waals surface area (Å²) in [6, 6.07) is 7.95. The summed E-state index contributed by atoms with van der Waals surface area (Å²) < 4.78 is 0. The number of hydrogen-bond acceptors (Lipinski definition) is 3. The average Bonchev–Trinajstić information content (AvgIpc) is 2.43. The van der Waals surface area contributed by atoms with Gasteiger partial charge in [0.15, 0.2) is 0 Å². The SMILES string of the molecule is CSc1ccc(CNC(=O)NCC(C)(C)CCO)cc1. The number of aliphatic hydroxyl groups excluding tert-OH is 1. The van der Waals surface area contributed by atoms with Crippen LogP contribution in [0.1, 0.15) is 25.8 Å². The number of benzene rings is 1. The smallest absolute Gasteiger partial charge is 0.315 e. The second kappa shape index (κ2) is 8.17. The van der Waals surface area contributed by atoms with E-state index in [1.807, 2.05) is 44.4 Å². The lowest BCUT2D eigenvalue weighted by Gasteiger charge is -2.23. The molecule has 0 saturated heterocycles. The number of rotatable bonds is 7. The third-order valence-corrected chi connectivity index (χ3v) is 3.87. The van der Waals surface area contributed by atoms with Gasteiger partial charge in [-0.2, -0.15) is 0 Å². The predicted molar refractivity (Wildman–Crippen MR) is 83.9 cm³/mol. The normalized spacial score (nSPS) is 11.2. The number of hydrogen-bond donors (Lipinski definition) is 3. The molecule has 1 aromatic rings. The van der Waals surface area contributed by atoms with Gasteiger partial charge in [0.2, 0.25) is 0 Å². The predicted octanol–water partition coefficient (Wildman–Crippen LogP) is 2.62. The van der Waals surface area contributed by atoms with Gasteiger partial charge in [0, 0.05) is 24.6 Å². The minimum absolute atomic E-state index is 0.0912. The Morgan fingerprint density at radius 1 is 1.25 bits per heavy atom. The van der Waals surface area contributed by atoms with Gasteiger partial charge in [-0.3, -0.25) is 0 Å². The Morgan fingerprint density at radius 3 is 2.45 bits per heavy atom. The van der Waals surface area contributed by atoms with Crippen molar-refractivity contribution in [1.82, 2.24) is 10.6 Å². The Bertz CT molecular complexity index is 418. The number of thioether (sulfide) groups is 1. The average molecular weight is 296 g/mol. The summed E-state index contributed by atoms with van der Waals surface area (Å²) >= 11 is 1.70. The van der Waals surface area contributed by atoms with Gasteiger partial charge in [0.25, 0.3) is 0 Å². The summed E-state index contributed by atoms with van der Waals surface area (Å²) in [6.07, 6.45) is 2.71. The van der Waals surface area contributed by atoms with Crippen molar-refractivity contribution in [2.75, 3.05) is 19.4 Å². The molecule has 0 atom stereocenters. The lowest BCUT2D eigenvalue weighted by atomic mass is 9.90. The van der Waals surface area contributed by atoms with Crippen molar-refractivity contribution in [3.8, 4) is 0 Å². The first kappa shape index (κ1) is 16.9. The molecule has 3 N–H and O–H groups in total. The van der Waals surface area contributed by atoms with E-state index in [0.29, 0.717) is 19.5 Å². The molecular weight excluding hydrogens is 272 g/mol.